The molecule has 164 valence electrons. The molecule has 3 rings (SSSR count). The summed E-state index contributed by atoms with van der Waals surface area (Å²) >= 11 is 0. The van der Waals surface area contributed by atoms with Crippen LogP contribution in [0.25, 0.3) is 0 Å². The van der Waals surface area contributed by atoms with Gasteiger partial charge in [0.05, 0.1) is 0 Å². The van der Waals surface area contributed by atoms with Crippen molar-refractivity contribution in [2.24, 2.45) is 5.41 Å². The fraction of sp³-hybridized carbons (Fsp3) is 0.429. The number of ether oxygens (including phenoxy) is 1. The summed E-state index contributed by atoms with van der Waals surface area (Å²) in [5.41, 5.74) is 3.83. The van der Waals surface area contributed by atoms with E-state index in [2.05, 4.69) is 98.0 Å². The summed E-state index contributed by atoms with van der Waals surface area (Å²) in [4.78, 5) is 4.73. The quantitative estimate of drug-likeness (QED) is 0.498. The summed E-state index contributed by atoms with van der Waals surface area (Å²) in [5, 5.41) is 0. The number of rotatable bonds is 8. The average molecular weight is 417 g/mol. The molecule has 1 aliphatic heterocycles. The molecule has 1 aliphatic rings. The molecular weight excluding hydrogens is 380 g/mol. The number of allylic oxidation sites excluding steroid dienone is 1. The third kappa shape index (κ3) is 8.15. The van der Waals surface area contributed by atoms with Gasteiger partial charge in [0.1, 0.15) is 12.4 Å². The van der Waals surface area contributed by atoms with E-state index in [4.69, 9.17) is 4.74 Å². The van der Waals surface area contributed by atoms with Crippen LogP contribution < -0.4 is 9.64 Å². The van der Waals surface area contributed by atoms with E-state index in [0.29, 0.717) is 6.61 Å². The molecule has 1 fully saturated rings. The van der Waals surface area contributed by atoms with Crippen molar-refractivity contribution < 1.29 is 4.74 Å². The molecule has 0 saturated carbocycles. The molecule has 0 bridgehead atoms. The van der Waals surface area contributed by atoms with Crippen LogP contribution in [0.1, 0.15) is 44.7 Å². The number of hydrogen-bond acceptors (Lipinski definition) is 3. The lowest BCUT2D eigenvalue weighted by atomic mass is 9.98. The topological polar surface area (TPSA) is 15.7 Å². The highest BCUT2D eigenvalue weighted by Gasteiger charge is 2.12. The predicted octanol–water partition coefficient (Wildman–Crippen LogP) is 5.90. The van der Waals surface area contributed by atoms with Crippen LogP contribution >= 0.6 is 0 Å². The van der Waals surface area contributed by atoms with Gasteiger partial charge < -0.3 is 9.64 Å². The minimum atomic E-state index is 0.0478. The summed E-state index contributed by atoms with van der Waals surface area (Å²) in [6, 6.07) is 17.2. The second-order valence-corrected chi connectivity index (χ2v) is 9.42. The van der Waals surface area contributed by atoms with Gasteiger partial charge in [-0.2, -0.15) is 0 Å². The zero-order valence-electron chi connectivity index (χ0n) is 19.5. The van der Waals surface area contributed by atoms with Crippen LogP contribution in [0.3, 0.4) is 0 Å². The van der Waals surface area contributed by atoms with Gasteiger partial charge in [0.2, 0.25) is 0 Å². The van der Waals surface area contributed by atoms with E-state index < -0.39 is 0 Å². The Hall–Kier alpha value is -2.70. The number of benzene rings is 2. The lowest BCUT2D eigenvalue weighted by molar-refractivity contribution is 0.304. The van der Waals surface area contributed by atoms with Gasteiger partial charge in [0.25, 0.3) is 0 Å². The monoisotopic (exact) mass is 416 g/mol. The molecule has 3 nitrogen and oxygen atoms in total. The number of hydrogen-bond donors (Lipinski definition) is 0. The van der Waals surface area contributed by atoms with Crippen molar-refractivity contribution in [2.75, 3.05) is 31.6 Å². The van der Waals surface area contributed by atoms with Gasteiger partial charge in [-0.1, -0.05) is 42.2 Å². The molecule has 2 aromatic rings. The molecule has 0 radical (unpaired) electrons. The van der Waals surface area contributed by atoms with Crippen LogP contribution in [0, 0.1) is 17.3 Å². The first kappa shape index (κ1) is 23.0. The van der Waals surface area contributed by atoms with Crippen molar-refractivity contribution in [3.63, 3.8) is 0 Å². The minimum absolute atomic E-state index is 0.0478. The standard InChI is InChI=1S/C28H36N2O/c1-28(2,3)16-6-5-7-17-29(4)22-24-12-11-15-27(21-24)31-23-25-13-10-14-26(20-25)30-18-8-9-19-30/h5,7,10-15,20-21H,8-9,17-19,22-23H2,1-4H3/b7-5+. The Morgan fingerprint density at radius 3 is 2.55 bits per heavy atom. The van der Waals surface area contributed by atoms with Crippen LogP contribution in [0.5, 0.6) is 5.75 Å². The molecule has 31 heavy (non-hydrogen) atoms. The Morgan fingerprint density at radius 1 is 1.03 bits per heavy atom. The number of anilines is 1. The van der Waals surface area contributed by atoms with E-state index in [-0.39, 0.29) is 5.41 Å². The van der Waals surface area contributed by atoms with Gasteiger partial charge in [-0.05, 0) is 82.1 Å². The number of nitrogens with zero attached hydrogens (tertiary/aromatic N) is 2. The molecule has 0 spiro atoms. The SMILES string of the molecule is CN(C/C=C/C#CC(C)(C)C)Cc1cccc(OCc2cccc(N3CCCC3)c2)c1. The van der Waals surface area contributed by atoms with Crippen LogP contribution in [0.15, 0.2) is 60.7 Å². The Kier molecular flexibility index (Phi) is 8.20. The molecule has 0 amide bonds. The molecule has 0 N–H and O–H groups in total. The third-order valence-electron chi connectivity index (χ3n) is 5.20. The van der Waals surface area contributed by atoms with Gasteiger partial charge in [-0.15, -0.1) is 0 Å². The molecule has 0 aromatic heterocycles. The van der Waals surface area contributed by atoms with Crippen LogP contribution in [-0.2, 0) is 13.2 Å². The molecule has 2 aromatic carbocycles. The maximum absolute atomic E-state index is 6.11. The van der Waals surface area contributed by atoms with Gasteiger partial charge in [-0.3, -0.25) is 4.90 Å². The summed E-state index contributed by atoms with van der Waals surface area (Å²) < 4.78 is 6.11. The van der Waals surface area contributed by atoms with Crippen LogP contribution in [-0.4, -0.2) is 31.6 Å². The van der Waals surface area contributed by atoms with Gasteiger partial charge in [-0.25, -0.2) is 0 Å². The fourth-order valence-corrected chi connectivity index (χ4v) is 3.64. The minimum Gasteiger partial charge on any atom is -0.489 e. The van der Waals surface area contributed by atoms with Crippen LogP contribution in [0.2, 0.25) is 0 Å². The Balaban J connectivity index is 1.50. The summed E-state index contributed by atoms with van der Waals surface area (Å²) in [6.07, 6.45) is 6.66. The Bertz CT molecular complexity index is 924. The van der Waals surface area contributed by atoms with Crippen molar-refractivity contribution in [1.29, 1.82) is 0 Å². The Morgan fingerprint density at radius 2 is 1.77 bits per heavy atom. The van der Waals surface area contributed by atoms with Gasteiger partial charge in [0.15, 0.2) is 0 Å². The van der Waals surface area contributed by atoms with E-state index in [1.54, 1.807) is 0 Å². The van der Waals surface area contributed by atoms with Crippen molar-refractivity contribution in [1.82, 2.24) is 4.90 Å². The predicted molar refractivity (Wildman–Crippen MR) is 131 cm³/mol. The second-order valence-electron chi connectivity index (χ2n) is 9.42. The highest BCUT2D eigenvalue weighted by molar-refractivity contribution is 5.49. The maximum atomic E-state index is 6.11. The van der Waals surface area contributed by atoms with Crippen molar-refractivity contribution in [2.45, 2.75) is 46.8 Å². The smallest absolute Gasteiger partial charge is 0.120 e. The molecule has 0 aliphatic carbocycles. The first-order valence-corrected chi connectivity index (χ1v) is 11.3. The molecular formula is C28H36N2O. The van der Waals surface area contributed by atoms with Gasteiger partial charge in [0, 0.05) is 37.3 Å². The highest BCUT2D eigenvalue weighted by Crippen LogP contribution is 2.22. The lowest BCUT2D eigenvalue weighted by Gasteiger charge is -2.18. The first-order chi connectivity index (χ1) is 14.9. The summed E-state index contributed by atoms with van der Waals surface area (Å²) in [6.45, 7) is 11.0. The van der Waals surface area contributed by atoms with E-state index in [0.717, 1.165) is 31.9 Å². The molecule has 0 unspecified atom stereocenters. The third-order valence-corrected chi connectivity index (χ3v) is 5.20. The van der Waals surface area contributed by atoms with Crippen LogP contribution in [0.4, 0.5) is 5.69 Å². The summed E-state index contributed by atoms with van der Waals surface area (Å²) in [5.74, 6) is 7.27. The van der Waals surface area contributed by atoms with Crippen molar-refractivity contribution in [3.8, 4) is 17.6 Å². The lowest BCUT2D eigenvalue weighted by Crippen LogP contribution is -2.17. The Labute approximate surface area is 188 Å². The molecule has 0 atom stereocenters. The van der Waals surface area contributed by atoms with E-state index in [9.17, 15) is 0 Å². The molecule has 1 saturated heterocycles. The zero-order chi connectivity index (χ0) is 22.1. The molecule has 1 heterocycles. The van der Waals surface area contributed by atoms with E-state index in [1.807, 2.05) is 12.1 Å². The molecule has 3 heteroatoms. The zero-order valence-corrected chi connectivity index (χ0v) is 19.5. The van der Waals surface area contributed by atoms with Crippen molar-refractivity contribution >= 4 is 5.69 Å². The fourth-order valence-electron chi connectivity index (χ4n) is 3.64. The highest BCUT2D eigenvalue weighted by atomic mass is 16.5. The van der Waals surface area contributed by atoms with E-state index >= 15 is 0 Å². The first-order valence-electron chi connectivity index (χ1n) is 11.3. The maximum Gasteiger partial charge on any atom is 0.120 e. The van der Waals surface area contributed by atoms with Gasteiger partial charge >= 0.3 is 0 Å². The van der Waals surface area contributed by atoms with E-state index in [1.165, 1.54) is 29.7 Å². The average Bonchev–Trinajstić information content (AvgIpc) is 3.27. The largest absolute Gasteiger partial charge is 0.489 e. The van der Waals surface area contributed by atoms with Crippen molar-refractivity contribution in [3.05, 3.63) is 71.8 Å². The second kappa shape index (κ2) is 11.1. The summed E-state index contributed by atoms with van der Waals surface area (Å²) in [7, 11) is 2.12. The normalized spacial score (nSPS) is 14.2. The number of likely N-dealkylation sites (N-methyl/N-ethyl adjacent to an activating group) is 1.